The molecular weight excluding hydrogens is 460 g/mol. The standard InChI is InChI=1S/C28H30N2O6/c1-4-34-26(32)24-25(29)36-22-15-17(21-10-7-13-35-21)14-20(31)23(22)28(24)18-8-5-6-9-19(18)30(27(28)33)12-11-16(2)3/h5-10,13,16-17H,4,11-12,14-15,29H2,1-3H3/t17-,28-/m0/s1. The lowest BCUT2D eigenvalue weighted by Crippen LogP contribution is -2.51. The summed E-state index contributed by atoms with van der Waals surface area (Å²) in [6.07, 6.45) is 2.74. The first-order valence-corrected chi connectivity index (χ1v) is 12.4. The quantitative estimate of drug-likeness (QED) is 0.608. The van der Waals surface area contributed by atoms with Crippen LogP contribution in [0.5, 0.6) is 0 Å². The van der Waals surface area contributed by atoms with E-state index in [0.717, 1.165) is 6.42 Å². The average molecular weight is 491 g/mol. The second-order valence-electron chi connectivity index (χ2n) is 9.81. The minimum absolute atomic E-state index is 0.0824. The number of ketones is 1. The Labute approximate surface area is 209 Å². The zero-order valence-corrected chi connectivity index (χ0v) is 20.7. The Hall–Kier alpha value is -3.81. The lowest BCUT2D eigenvalue weighted by atomic mass is 9.63. The molecule has 8 nitrogen and oxygen atoms in total. The number of hydrogen-bond acceptors (Lipinski definition) is 7. The third kappa shape index (κ3) is 3.46. The van der Waals surface area contributed by atoms with Gasteiger partial charge in [-0.15, -0.1) is 0 Å². The second-order valence-corrected chi connectivity index (χ2v) is 9.81. The van der Waals surface area contributed by atoms with E-state index in [-0.39, 0.29) is 47.7 Å². The van der Waals surface area contributed by atoms with E-state index < -0.39 is 11.4 Å². The average Bonchev–Trinajstić information content (AvgIpc) is 3.45. The molecule has 3 heterocycles. The first kappa shape index (κ1) is 23.9. The summed E-state index contributed by atoms with van der Waals surface area (Å²) in [7, 11) is 0. The van der Waals surface area contributed by atoms with Gasteiger partial charge in [0.25, 0.3) is 0 Å². The Balaban J connectivity index is 1.74. The number of hydrogen-bond donors (Lipinski definition) is 1. The Bertz CT molecular complexity index is 1290. The van der Waals surface area contributed by atoms with Crippen LogP contribution in [0.3, 0.4) is 0 Å². The summed E-state index contributed by atoms with van der Waals surface area (Å²) in [5.41, 5.74) is 5.92. The summed E-state index contributed by atoms with van der Waals surface area (Å²) in [5, 5.41) is 0. The minimum Gasteiger partial charge on any atom is -0.469 e. The number of amides is 1. The molecule has 5 rings (SSSR count). The van der Waals surface area contributed by atoms with E-state index in [1.54, 1.807) is 36.3 Å². The summed E-state index contributed by atoms with van der Waals surface area (Å²) < 4.78 is 16.9. The lowest BCUT2D eigenvalue weighted by Gasteiger charge is -2.40. The monoisotopic (exact) mass is 490 g/mol. The number of benzene rings is 1. The molecule has 0 saturated heterocycles. The summed E-state index contributed by atoms with van der Waals surface area (Å²) in [6.45, 7) is 6.36. The van der Waals surface area contributed by atoms with Gasteiger partial charge in [0.15, 0.2) is 5.78 Å². The van der Waals surface area contributed by atoms with E-state index in [9.17, 15) is 14.4 Å². The van der Waals surface area contributed by atoms with Crippen LogP contribution < -0.4 is 10.6 Å². The molecule has 3 aliphatic rings. The molecule has 0 fully saturated rings. The molecule has 2 atom stereocenters. The highest BCUT2D eigenvalue weighted by Gasteiger charge is 2.64. The molecule has 0 radical (unpaired) electrons. The van der Waals surface area contributed by atoms with Crippen molar-refractivity contribution in [1.29, 1.82) is 0 Å². The van der Waals surface area contributed by atoms with E-state index in [4.69, 9.17) is 19.6 Å². The zero-order valence-electron chi connectivity index (χ0n) is 20.7. The number of anilines is 1. The smallest absolute Gasteiger partial charge is 0.341 e. The van der Waals surface area contributed by atoms with Crippen LogP contribution in [0.25, 0.3) is 0 Å². The van der Waals surface area contributed by atoms with Crippen molar-refractivity contribution in [1.82, 2.24) is 0 Å². The van der Waals surface area contributed by atoms with Crippen molar-refractivity contribution < 1.29 is 28.3 Å². The maximum atomic E-state index is 14.5. The molecule has 1 aliphatic carbocycles. The number of furan rings is 1. The molecular formula is C28H30N2O6. The molecule has 2 aromatic rings. The van der Waals surface area contributed by atoms with Crippen molar-refractivity contribution >= 4 is 23.3 Å². The van der Waals surface area contributed by atoms with Crippen LogP contribution in [0, 0.1) is 5.92 Å². The van der Waals surface area contributed by atoms with Crippen LogP contribution in [-0.2, 0) is 29.3 Å². The first-order chi connectivity index (χ1) is 17.3. The molecule has 8 heteroatoms. The van der Waals surface area contributed by atoms with Gasteiger partial charge in [0.2, 0.25) is 11.8 Å². The van der Waals surface area contributed by atoms with Crippen LogP contribution in [0.1, 0.15) is 57.3 Å². The van der Waals surface area contributed by atoms with E-state index in [1.165, 1.54) is 0 Å². The van der Waals surface area contributed by atoms with E-state index >= 15 is 0 Å². The molecule has 1 amide bonds. The number of Topliss-reactive ketones (excluding diaryl/α,β-unsaturated/α-hetero) is 1. The molecule has 0 unspecified atom stereocenters. The third-order valence-corrected chi connectivity index (χ3v) is 7.17. The molecule has 188 valence electrons. The fourth-order valence-electron chi connectivity index (χ4n) is 5.61. The predicted octanol–water partition coefficient (Wildman–Crippen LogP) is 4.07. The van der Waals surface area contributed by atoms with Crippen LogP contribution in [0.15, 0.2) is 69.9 Å². The predicted molar refractivity (Wildman–Crippen MR) is 132 cm³/mol. The van der Waals surface area contributed by atoms with Gasteiger partial charge in [-0.05, 0) is 37.5 Å². The van der Waals surface area contributed by atoms with Gasteiger partial charge in [-0.2, -0.15) is 0 Å². The molecule has 1 aromatic heterocycles. The summed E-state index contributed by atoms with van der Waals surface area (Å²) in [5.74, 6) is -0.595. The number of fused-ring (bicyclic) bond motifs is 3. The highest BCUT2D eigenvalue weighted by molar-refractivity contribution is 6.23. The Kier molecular flexibility index (Phi) is 5.98. The Morgan fingerprint density at radius 3 is 2.67 bits per heavy atom. The SMILES string of the molecule is CCOC(=O)C1=C(N)OC2=C(C(=O)C[C@H](c3ccco3)C2)[C@]12C(=O)N(CCC(C)C)c1ccccc12. The maximum Gasteiger partial charge on any atom is 0.341 e. The van der Waals surface area contributed by atoms with Gasteiger partial charge in [0.1, 0.15) is 22.5 Å². The summed E-state index contributed by atoms with van der Waals surface area (Å²) in [6, 6.07) is 10.9. The first-order valence-electron chi connectivity index (χ1n) is 12.4. The fourth-order valence-corrected chi connectivity index (χ4v) is 5.61. The van der Waals surface area contributed by atoms with Gasteiger partial charge in [0.05, 0.1) is 18.4 Å². The lowest BCUT2D eigenvalue weighted by molar-refractivity contribution is -0.141. The Morgan fingerprint density at radius 1 is 1.19 bits per heavy atom. The number of nitrogens with zero attached hydrogens (tertiary/aromatic N) is 1. The van der Waals surface area contributed by atoms with Crippen LogP contribution in [0.2, 0.25) is 0 Å². The maximum absolute atomic E-state index is 14.5. The molecule has 2 aliphatic heterocycles. The van der Waals surface area contributed by atoms with Crippen LogP contribution in [0.4, 0.5) is 5.69 Å². The third-order valence-electron chi connectivity index (χ3n) is 7.17. The van der Waals surface area contributed by atoms with E-state index in [2.05, 4.69) is 13.8 Å². The number of esters is 1. The summed E-state index contributed by atoms with van der Waals surface area (Å²) in [4.78, 5) is 43.4. The highest BCUT2D eigenvalue weighted by Crippen LogP contribution is 2.57. The number of carbonyl (C=O) groups excluding carboxylic acids is 3. The highest BCUT2D eigenvalue weighted by atomic mass is 16.5. The van der Waals surface area contributed by atoms with Crippen molar-refractivity contribution in [2.45, 2.75) is 51.4 Å². The molecule has 0 bridgehead atoms. The number of ether oxygens (including phenoxy) is 2. The largest absolute Gasteiger partial charge is 0.469 e. The number of nitrogens with two attached hydrogens (primary N) is 1. The zero-order chi connectivity index (χ0) is 25.6. The fraction of sp³-hybridized carbons (Fsp3) is 0.393. The van der Waals surface area contributed by atoms with Gasteiger partial charge in [0, 0.05) is 36.6 Å². The van der Waals surface area contributed by atoms with E-state index in [0.29, 0.717) is 41.7 Å². The van der Waals surface area contributed by atoms with Crippen LogP contribution in [-0.4, -0.2) is 30.8 Å². The van der Waals surface area contributed by atoms with Crippen molar-refractivity contribution in [3.8, 4) is 0 Å². The minimum atomic E-state index is -1.72. The van der Waals surface area contributed by atoms with Crippen LogP contribution >= 0.6 is 0 Å². The number of rotatable bonds is 6. The number of allylic oxidation sites excluding steroid dienone is 1. The molecule has 36 heavy (non-hydrogen) atoms. The van der Waals surface area contributed by atoms with Crippen molar-refractivity contribution in [2.24, 2.45) is 11.7 Å². The van der Waals surface area contributed by atoms with Gasteiger partial charge < -0.3 is 24.5 Å². The molecule has 1 spiro atoms. The van der Waals surface area contributed by atoms with Gasteiger partial charge >= 0.3 is 5.97 Å². The normalized spacial score (nSPS) is 23.3. The Morgan fingerprint density at radius 2 is 1.97 bits per heavy atom. The van der Waals surface area contributed by atoms with Crippen molar-refractivity contribution in [3.05, 3.63) is 76.8 Å². The molecule has 1 aromatic carbocycles. The molecule has 2 N–H and O–H groups in total. The molecule has 0 saturated carbocycles. The van der Waals surface area contributed by atoms with Gasteiger partial charge in [-0.3, -0.25) is 9.59 Å². The number of para-hydroxylation sites is 1. The van der Waals surface area contributed by atoms with E-state index in [1.807, 2.05) is 18.2 Å². The van der Waals surface area contributed by atoms with Crippen molar-refractivity contribution in [2.75, 3.05) is 18.1 Å². The van der Waals surface area contributed by atoms with Crippen molar-refractivity contribution in [3.63, 3.8) is 0 Å². The van der Waals surface area contributed by atoms with Gasteiger partial charge in [-0.1, -0.05) is 32.0 Å². The van der Waals surface area contributed by atoms with Gasteiger partial charge in [-0.25, -0.2) is 4.79 Å². The number of carbonyl (C=O) groups is 3. The second kappa shape index (κ2) is 9.00. The topological polar surface area (TPSA) is 112 Å². The summed E-state index contributed by atoms with van der Waals surface area (Å²) >= 11 is 0.